The van der Waals surface area contributed by atoms with E-state index < -0.39 is 36.0 Å². The zero-order valence-electron chi connectivity index (χ0n) is 15.8. The van der Waals surface area contributed by atoms with E-state index in [9.17, 15) is 19.5 Å². The van der Waals surface area contributed by atoms with E-state index in [1.165, 1.54) is 7.11 Å². The zero-order valence-corrected chi connectivity index (χ0v) is 15.8. The zero-order chi connectivity index (χ0) is 20.5. The van der Waals surface area contributed by atoms with E-state index in [0.29, 0.717) is 17.5 Å². The van der Waals surface area contributed by atoms with Gasteiger partial charge in [-0.1, -0.05) is 55.5 Å². The summed E-state index contributed by atoms with van der Waals surface area (Å²) in [4.78, 5) is 36.8. The minimum absolute atomic E-state index is 0.303. The van der Waals surface area contributed by atoms with Crippen LogP contribution >= 0.6 is 0 Å². The Labute approximate surface area is 163 Å². The highest BCUT2D eigenvalue weighted by molar-refractivity contribution is 5.95. The maximum absolute atomic E-state index is 12.6. The molecule has 0 heterocycles. The molecule has 3 N–H and O–H groups in total. The molecule has 0 saturated heterocycles. The van der Waals surface area contributed by atoms with Crippen molar-refractivity contribution in [1.82, 2.24) is 10.6 Å². The molecule has 0 bridgehead atoms. The van der Waals surface area contributed by atoms with Crippen LogP contribution in [0.1, 0.15) is 35.3 Å². The molecule has 0 saturated carbocycles. The number of ether oxygens (including phenoxy) is 1. The monoisotopic (exact) mass is 384 g/mol. The number of hydrogen-bond acceptors (Lipinski definition) is 5. The van der Waals surface area contributed by atoms with Gasteiger partial charge in [0, 0.05) is 5.56 Å². The first kappa shape index (κ1) is 21.1. The van der Waals surface area contributed by atoms with Crippen LogP contribution in [0, 0.1) is 0 Å². The van der Waals surface area contributed by atoms with Crippen LogP contribution < -0.4 is 10.6 Å². The maximum atomic E-state index is 12.6. The molecule has 0 aliphatic heterocycles. The van der Waals surface area contributed by atoms with Crippen LogP contribution in [-0.2, 0) is 14.3 Å². The Kier molecular flexibility index (Phi) is 7.71. The smallest absolute Gasteiger partial charge is 0.328 e. The number of rotatable bonds is 8. The lowest BCUT2D eigenvalue weighted by Crippen LogP contribution is -2.50. The Morgan fingerprint density at radius 3 is 2.07 bits per heavy atom. The normalized spacial score (nSPS) is 13.7. The molecule has 0 fully saturated rings. The molecule has 148 valence electrons. The van der Waals surface area contributed by atoms with Gasteiger partial charge in [0.05, 0.1) is 13.2 Å². The lowest BCUT2D eigenvalue weighted by Gasteiger charge is -2.25. The molecule has 2 aromatic carbocycles. The molecule has 0 aliphatic carbocycles. The minimum Gasteiger partial charge on any atom is -0.467 e. The van der Waals surface area contributed by atoms with Gasteiger partial charge in [0.1, 0.15) is 6.04 Å². The lowest BCUT2D eigenvalue weighted by atomic mass is 9.99. The maximum Gasteiger partial charge on any atom is 0.328 e. The summed E-state index contributed by atoms with van der Waals surface area (Å²) in [5, 5.41) is 15.8. The van der Waals surface area contributed by atoms with Crippen LogP contribution in [0.3, 0.4) is 0 Å². The Morgan fingerprint density at radius 2 is 1.54 bits per heavy atom. The highest BCUT2D eigenvalue weighted by Gasteiger charge is 2.31. The molecular formula is C21H24N2O5. The van der Waals surface area contributed by atoms with Crippen LogP contribution in [-0.4, -0.2) is 42.1 Å². The second kappa shape index (κ2) is 10.2. The number of benzene rings is 2. The molecule has 2 amide bonds. The summed E-state index contributed by atoms with van der Waals surface area (Å²) >= 11 is 0. The fourth-order valence-electron chi connectivity index (χ4n) is 2.70. The molecule has 0 aliphatic rings. The van der Waals surface area contributed by atoms with Crippen molar-refractivity contribution < 1.29 is 24.2 Å². The van der Waals surface area contributed by atoms with Crippen LogP contribution in [0.25, 0.3) is 0 Å². The number of aliphatic hydroxyl groups excluding tert-OH is 1. The van der Waals surface area contributed by atoms with Gasteiger partial charge in [0.2, 0.25) is 0 Å². The van der Waals surface area contributed by atoms with Gasteiger partial charge in [0.15, 0.2) is 6.10 Å². The number of hydrogen-bond donors (Lipinski definition) is 3. The molecule has 0 aromatic heterocycles. The van der Waals surface area contributed by atoms with E-state index in [4.69, 9.17) is 0 Å². The number of nitrogens with one attached hydrogen (secondary N) is 2. The van der Waals surface area contributed by atoms with E-state index in [2.05, 4.69) is 15.4 Å². The summed E-state index contributed by atoms with van der Waals surface area (Å²) in [5.41, 5.74) is 0.956. The molecule has 28 heavy (non-hydrogen) atoms. The first-order valence-electron chi connectivity index (χ1n) is 8.95. The average molecular weight is 384 g/mol. The molecule has 2 aromatic rings. The van der Waals surface area contributed by atoms with Gasteiger partial charge in [0.25, 0.3) is 11.8 Å². The Bertz CT molecular complexity index is 795. The predicted molar refractivity (Wildman–Crippen MR) is 103 cm³/mol. The second-order valence-corrected chi connectivity index (χ2v) is 6.17. The molecule has 0 radical (unpaired) electrons. The number of esters is 1. The summed E-state index contributed by atoms with van der Waals surface area (Å²) in [6.45, 7) is 1.71. The van der Waals surface area contributed by atoms with Gasteiger partial charge in [-0.2, -0.15) is 0 Å². The molecule has 2 rings (SSSR count). The van der Waals surface area contributed by atoms with Crippen LogP contribution in [0.4, 0.5) is 0 Å². The third kappa shape index (κ3) is 5.40. The standard InChI is InChI=1S/C21H24N2O5/c1-3-16(21(27)28-2)22-20(26)18(24)17(14-10-6-4-7-11-14)23-19(25)15-12-8-5-9-13-15/h4-13,16-18,24H,3H2,1-2H3,(H,22,26)(H,23,25)/t16-,17+,18-/m1/s1. The second-order valence-electron chi connectivity index (χ2n) is 6.17. The average Bonchev–Trinajstić information content (AvgIpc) is 2.75. The highest BCUT2D eigenvalue weighted by atomic mass is 16.5. The van der Waals surface area contributed by atoms with E-state index in [0.717, 1.165) is 0 Å². The van der Waals surface area contributed by atoms with Gasteiger partial charge in [-0.15, -0.1) is 0 Å². The number of amides is 2. The SMILES string of the molecule is CC[C@@H](NC(=O)[C@H](O)[C@@H](NC(=O)c1ccccc1)c1ccccc1)C(=O)OC. The summed E-state index contributed by atoms with van der Waals surface area (Å²) in [7, 11) is 1.22. The molecule has 0 unspecified atom stereocenters. The third-order valence-corrected chi connectivity index (χ3v) is 4.28. The van der Waals surface area contributed by atoms with Crippen molar-refractivity contribution in [3.05, 3.63) is 71.8 Å². The van der Waals surface area contributed by atoms with E-state index in [1.807, 2.05) is 0 Å². The number of carbonyl (C=O) groups excluding carboxylic acids is 3. The first-order chi connectivity index (χ1) is 13.5. The van der Waals surface area contributed by atoms with Crippen molar-refractivity contribution in [2.75, 3.05) is 7.11 Å². The van der Waals surface area contributed by atoms with E-state index in [1.54, 1.807) is 67.6 Å². The van der Waals surface area contributed by atoms with Crippen molar-refractivity contribution in [1.29, 1.82) is 0 Å². The van der Waals surface area contributed by atoms with Crippen molar-refractivity contribution in [2.24, 2.45) is 0 Å². The highest BCUT2D eigenvalue weighted by Crippen LogP contribution is 2.18. The molecule has 3 atom stereocenters. The molecular weight excluding hydrogens is 360 g/mol. The van der Waals surface area contributed by atoms with E-state index in [-0.39, 0.29) is 0 Å². The van der Waals surface area contributed by atoms with Gasteiger partial charge in [-0.25, -0.2) is 4.79 Å². The van der Waals surface area contributed by atoms with Gasteiger partial charge in [-0.05, 0) is 24.1 Å². The van der Waals surface area contributed by atoms with Gasteiger partial charge in [-0.3, -0.25) is 9.59 Å². The fourth-order valence-corrected chi connectivity index (χ4v) is 2.70. The Morgan fingerprint density at radius 1 is 0.964 bits per heavy atom. The van der Waals surface area contributed by atoms with Gasteiger partial charge < -0.3 is 20.5 Å². The lowest BCUT2D eigenvalue weighted by molar-refractivity contribution is -0.146. The molecule has 0 spiro atoms. The first-order valence-corrected chi connectivity index (χ1v) is 8.95. The van der Waals surface area contributed by atoms with Crippen molar-refractivity contribution >= 4 is 17.8 Å². The van der Waals surface area contributed by atoms with Crippen LogP contribution in [0.2, 0.25) is 0 Å². The van der Waals surface area contributed by atoms with Crippen molar-refractivity contribution in [2.45, 2.75) is 31.5 Å². The Hall–Kier alpha value is -3.19. The third-order valence-electron chi connectivity index (χ3n) is 4.28. The Balaban J connectivity index is 2.22. The minimum atomic E-state index is -1.60. The predicted octanol–water partition coefficient (Wildman–Crippen LogP) is 1.59. The van der Waals surface area contributed by atoms with Crippen molar-refractivity contribution in [3.63, 3.8) is 0 Å². The summed E-state index contributed by atoms with van der Waals surface area (Å²) < 4.78 is 4.65. The van der Waals surface area contributed by atoms with Crippen LogP contribution in [0.15, 0.2) is 60.7 Å². The van der Waals surface area contributed by atoms with Gasteiger partial charge >= 0.3 is 5.97 Å². The summed E-state index contributed by atoms with van der Waals surface area (Å²) in [6.07, 6.45) is -1.30. The number of methoxy groups -OCH3 is 1. The molecule has 7 heteroatoms. The fraction of sp³-hybridized carbons (Fsp3) is 0.286. The number of carbonyl (C=O) groups is 3. The quantitative estimate of drug-likeness (QED) is 0.600. The van der Waals surface area contributed by atoms with Crippen LogP contribution in [0.5, 0.6) is 0 Å². The molecule has 7 nitrogen and oxygen atoms in total. The summed E-state index contributed by atoms with van der Waals surface area (Å²) in [5.74, 6) is -1.81. The number of aliphatic hydroxyl groups is 1. The largest absolute Gasteiger partial charge is 0.467 e. The van der Waals surface area contributed by atoms with Crippen molar-refractivity contribution in [3.8, 4) is 0 Å². The summed E-state index contributed by atoms with van der Waals surface area (Å²) in [6, 6.07) is 15.3. The topological polar surface area (TPSA) is 105 Å². The van der Waals surface area contributed by atoms with E-state index >= 15 is 0 Å².